The molecule has 2 aromatic rings. The van der Waals surface area contributed by atoms with Crippen molar-refractivity contribution in [3.05, 3.63) is 59.4 Å². The highest BCUT2D eigenvalue weighted by Gasteiger charge is 2.10. The van der Waals surface area contributed by atoms with Gasteiger partial charge in [-0.25, -0.2) is 4.79 Å². The van der Waals surface area contributed by atoms with E-state index >= 15 is 0 Å². The summed E-state index contributed by atoms with van der Waals surface area (Å²) in [6, 6.07) is 9.37. The summed E-state index contributed by atoms with van der Waals surface area (Å²) in [5.74, 6) is 0. The lowest BCUT2D eigenvalue weighted by atomic mass is 10.1. The third-order valence-corrected chi connectivity index (χ3v) is 3.41. The Bertz CT molecular complexity index is 596. The first-order chi connectivity index (χ1) is 9.58. The van der Waals surface area contributed by atoms with Gasteiger partial charge in [-0.1, -0.05) is 12.1 Å². The molecule has 4 heteroatoms. The molecule has 20 heavy (non-hydrogen) atoms. The summed E-state index contributed by atoms with van der Waals surface area (Å²) in [7, 11) is 0. The molecule has 1 atom stereocenters. The molecule has 0 aliphatic heterocycles. The fourth-order valence-electron chi connectivity index (χ4n) is 1.98. The highest BCUT2D eigenvalue weighted by Crippen LogP contribution is 2.18. The maximum atomic E-state index is 12.0. The van der Waals surface area contributed by atoms with E-state index in [2.05, 4.69) is 15.6 Å². The highest BCUT2D eigenvalue weighted by molar-refractivity contribution is 5.90. The van der Waals surface area contributed by atoms with Gasteiger partial charge in [0.2, 0.25) is 0 Å². The Morgan fingerprint density at radius 2 is 1.85 bits per heavy atom. The van der Waals surface area contributed by atoms with Crippen molar-refractivity contribution in [3.8, 4) is 0 Å². The largest absolute Gasteiger partial charge is 0.331 e. The fourth-order valence-corrected chi connectivity index (χ4v) is 1.98. The summed E-state index contributed by atoms with van der Waals surface area (Å²) in [6.07, 6.45) is 3.44. The Morgan fingerprint density at radius 3 is 2.55 bits per heavy atom. The van der Waals surface area contributed by atoms with Gasteiger partial charge in [-0.3, -0.25) is 4.98 Å². The molecule has 0 spiro atoms. The molecule has 2 amide bonds. The minimum Gasteiger partial charge on any atom is -0.331 e. The number of nitrogens with one attached hydrogen (secondary N) is 2. The van der Waals surface area contributed by atoms with Crippen molar-refractivity contribution in [1.82, 2.24) is 10.3 Å². The summed E-state index contributed by atoms with van der Waals surface area (Å²) >= 11 is 0. The first-order valence-electron chi connectivity index (χ1n) is 6.61. The lowest BCUT2D eigenvalue weighted by Crippen LogP contribution is -2.31. The molecule has 0 aliphatic rings. The Labute approximate surface area is 119 Å². The fraction of sp³-hybridized carbons (Fsp3) is 0.250. The van der Waals surface area contributed by atoms with Crippen LogP contribution in [0.5, 0.6) is 0 Å². The zero-order chi connectivity index (χ0) is 14.5. The topological polar surface area (TPSA) is 54.0 Å². The Morgan fingerprint density at radius 1 is 1.15 bits per heavy atom. The van der Waals surface area contributed by atoms with Gasteiger partial charge in [0.15, 0.2) is 0 Å². The van der Waals surface area contributed by atoms with Gasteiger partial charge in [0.05, 0.1) is 6.04 Å². The third-order valence-electron chi connectivity index (χ3n) is 3.41. The van der Waals surface area contributed by atoms with Crippen molar-refractivity contribution in [3.63, 3.8) is 0 Å². The zero-order valence-electron chi connectivity index (χ0n) is 12.0. The summed E-state index contributed by atoms with van der Waals surface area (Å²) < 4.78 is 0. The second-order valence-corrected chi connectivity index (χ2v) is 4.85. The van der Waals surface area contributed by atoms with Crippen LogP contribution in [0, 0.1) is 13.8 Å². The second kappa shape index (κ2) is 6.19. The first kappa shape index (κ1) is 14.1. The Kier molecular flexibility index (Phi) is 4.35. The summed E-state index contributed by atoms with van der Waals surface area (Å²) in [5, 5.41) is 5.80. The van der Waals surface area contributed by atoms with Crippen LogP contribution < -0.4 is 10.6 Å². The van der Waals surface area contributed by atoms with Crippen molar-refractivity contribution >= 4 is 11.7 Å². The van der Waals surface area contributed by atoms with Gasteiger partial charge in [0, 0.05) is 18.1 Å². The number of hydrogen-bond acceptors (Lipinski definition) is 2. The second-order valence-electron chi connectivity index (χ2n) is 4.85. The van der Waals surface area contributed by atoms with E-state index in [0.717, 1.165) is 22.4 Å². The van der Waals surface area contributed by atoms with Gasteiger partial charge in [0.1, 0.15) is 0 Å². The SMILES string of the molecule is Cc1cccc(NC(=O)N[C@@H](C)c2ccncc2)c1C. The molecule has 4 nitrogen and oxygen atoms in total. The number of urea groups is 1. The molecule has 104 valence electrons. The summed E-state index contributed by atoms with van der Waals surface area (Å²) in [5.41, 5.74) is 4.10. The molecule has 1 aromatic carbocycles. The number of carbonyl (C=O) groups is 1. The summed E-state index contributed by atoms with van der Waals surface area (Å²) in [6.45, 7) is 5.97. The minimum atomic E-state index is -0.206. The monoisotopic (exact) mass is 269 g/mol. The number of aromatic nitrogens is 1. The van der Waals surface area contributed by atoms with E-state index < -0.39 is 0 Å². The van der Waals surface area contributed by atoms with Crippen LogP contribution in [0.1, 0.15) is 29.7 Å². The van der Waals surface area contributed by atoms with E-state index in [1.165, 1.54) is 0 Å². The molecule has 1 heterocycles. The standard InChI is InChI=1S/C16H19N3O/c1-11-5-4-6-15(12(11)2)19-16(20)18-13(3)14-7-9-17-10-8-14/h4-10,13H,1-3H3,(H2,18,19,20)/t13-/m0/s1. The number of aryl methyl sites for hydroxylation is 1. The molecule has 0 fully saturated rings. The minimum absolute atomic E-state index is 0.0666. The van der Waals surface area contributed by atoms with Crippen molar-refractivity contribution in [2.75, 3.05) is 5.32 Å². The van der Waals surface area contributed by atoms with Crippen LogP contribution in [0.15, 0.2) is 42.7 Å². The van der Waals surface area contributed by atoms with Crippen LogP contribution >= 0.6 is 0 Å². The number of hydrogen-bond donors (Lipinski definition) is 2. The van der Waals surface area contributed by atoms with Crippen LogP contribution in [-0.2, 0) is 0 Å². The predicted octanol–water partition coefficient (Wildman–Crippen LogP) is 3.58. The molecule has 1 aromatic heterocycles. The maximum absolute atomic E-state index is 12.0. The number of rotatable bonds is 3. The normalized spacial score (nSPS) is 11.8. The average molecular weight is 269 g/mol. The van der Waals surface area contributed by atoms with E-state index in [4.69, 9.17) is 0 Å². The number of pyridine rings is 1. The van der Waals surface area contributed by atoms with Crippen LogP contribution in [0.4, 0.5) is 10.5 Å². The van der Waals surface area contributed by atoms with Crippen molar-refractivity contribution < 1.29 is 4.79 Å². The Hall–Kier alpha value is -2.36. The van der Waals surface area contributed by atoms with E-state index in [0.29, 0.717) is 0 Å². The van der Waals surface area contributed by atoms with Gasteiger partial charge in [-0.2, -0.15) is 0 Å². The molecule has 0 unspecified atom stereocenters. The van der Waals surface area contributed by atoms with Crippen LogP contribution in [-0.4, -0.2) is 11.0 Å². The molecule has 0 bridgehead atoms. The molecule has 2 N–H and O–H groups in total. The zero-order valence-corrected chi connectivity index (χ0v) is 12.0. The molecular formula is C16H19N3O. The molecular weight excluding hydrogens is 250 g/mol. The number of benzene rings is 1. The lowest BCUT2D eigenvalue weighted by molar-refractivity contribution is 0.249. The molecule has 0 saturated heterocycles. The van der Waals surface area contributed by atoms with E-state index in [9.17, 15) is 4.79 Å². The molecule has 0 radical (unpaired) electrons. The molecule has 0 saturated carbocycles. The first-order valence-corrected chi connectivity index (χ1v) is 6.61. The number of amides is 2. The summed E-state index contributed by atoms with van der Waals surface area (Å²) in [4.78, 5) is 16.0. The van der Waals surface area contributed by atoms with E-state index in [1.807, 2.05) is 51.1 Å². The highest BCUT2D eigenvalue weighted by atomic mass is 16.2. The van der Waals surface area contributed by atoms with Gasteiger partial charge in [-0.15, -0.1) is 0 Å². The average Bonchev–Trinajstić information content (AvgIpc) is 2.45. The third kappa shape index (κ3) is 3.35. The molecule has 2 rings (SSSR count). The number of nitrogens with zero attached hydrogens (tertiary/aromatic N) is 1. The van der Waals surface area contributed by atoms with Gasteiger partial charge in [0.25, 0.3) is 0 Å². The Balaban J connectivity index is 2.01. The predicted molar refractivity (Wildman–Crippen MR) is 80.7 cm³/mol. The van der Waals surface area contributed by atoms with Crippen molar-refractivity contribution in [2.45, 2.75) is 26.8 Å². The van der Waals surface area contributed by atoms with Crippen molar-refractivity contribution in [1.29, 1.82) is 0 Å². The van der Waals surface area contributed by atoms with Gasteiger partial charge >= 0.3 is 6.03 Å². The lowest BCUT2D eigenvalue weighted by Gasteiger charge is -2.16. The smallest absolute Gasteiger partial charge is 0.319 e. The number of anilines is 1. The quantitative estimate of drug-likeness (QED) is 0.894. The molecule has 0 aliphatic carbocycles. The maximum Gasteiger partial charge on any atom is 0.319 e. The van der Waals surface area contributed by atoms with E-state index in [-0.39, 0.29) is 12.1 Å². The number of carbonyl (C=O) groups excluding carboxylic acids is 1. The van der Waals surface area contributed by atoms with Crippen LogP contribution in [0.25, 0.3) is 0 Å². The van der Waals surface area contributed by atoms with Crippen LogP contribution in [0.2, 0.25) is 0 Å². The van der Waals surface area contributed by atoms with Crippen molar-refractivity contribution in [2.24, 2.45) is 0 Å². The van der Waals surface area contributed by atoms with Crippen LogP contribution in [0.3, 0.4) is 0 Å². The van der Waals surface area contributed by atoms with E-state index in [1.54, 1.807) is 12.4 Å². The van der Waals surface area contributed by atoms with Gasteiger partial charge < -0.3 is 10.6 Å². The van der Waals surface area contributed by atoms with Gasteiger partial charge in [-0.05, 0) is 55.7 Å².